The number of hydrogen-bond donors (Lipinski definition) is 3. The van der Waals surface area contributed by atoms with Crippen LogP contribution in [0.15, 0.2) is 34.6 Å². The Bertz CT molecular complexity index is 791. The number of nitrogens with one attached hydrogen (secondary N) is 3. The standard InChI is InChI=1S/C21H31N5OS.HI/c1-5-22-21(23-10-9-19-14-28-16(4)25-19)24-13-17-7-6-8-18(12-17)26-20(27)11-15(2)3;/h6-8,12,14-15H,5,9-11,13H2,1-4H3,(H,26,27)(H2,22,23,24);1H. The molecule has 2 aromatic rings. The third kappa shape index (κ3) is 10.1. The van der Waals surface area contributed by atoms with Crippen LogP contribution in [0, 0.1) is 12.8 Å². The fourth-order valence-electron chi connectivity index (χ4n) is 2.67. The van der Waals surface area contributed by atoms with Gasteiger partial charge in [0.15, 0.2) is 5.96 Å². The van der Waals surface area contributed by atoms with Crippen molar-refractivity contribution in [1.29, 1.82) is 0 Å². The number of carbonyl (C=O) groups excluding carboxylic acids is 1. The Labute approximate surface area is 195 Å². The number of amides is 1. The van der Waals surface area contributed by atoms with Gasteiger partial charge >= 0.3 is 0 Å². The molecule has 0 aliphatic rings. The van der Waals surface area contributed by atoms with Gasteiger partial charge in [-0.15, -0.1) is 35.3 Å². The van der Waals surface area contributed by atoms with Crippen LogP contribution < -0.4 is 16.0 Å². The molecule has 0 spiro atoms. The van der Waals surface area contributed by atoms with E-state index in [2.05, 4.69) is 31.3 Å². The maximum absolute atomic E-state index is 12.0. The molecule has 0 aliphatic carbocycles. The predicted octanol–water partition coefficient (Wildman–Crippen LogP) is 4.35. The Kier molecular flexibility index (Phi) is 11.8. The van der Waals surface area contributed by atoms with Gasteiger partial charge in [0.05, 0.1) is 17.2 Å². The Morgan fingerprint density at radius 1 is 1.28 bits per heavy atom. The summed E-state index contributed by atoms with van der Waals surface area (Å²) >= 11 is 1.67. The molecule has 1 amide bonds. The van der Waals surface area contributed by atoms with Gasteiger partial charge in [-0.25, -0.2) is 9.98 Å². The highest BCUT2D eigenvalue weighted by Crippen LogP contribution is 2.13. The van der Waals surface area contributed by atoms with Crippen LogP contribution >= 0.6 is 35.3 Å². The molecule has 1 heterocycles. The largest absolute Gasteiger partial charge is 0.357 e. The second-order valence-corrected chi connectivity index (χ2v) is 8.14. The lowest BCUT2D eigenvalue weighted by Gasteiger charge is -2.11. The summed E-state index contributed by atoms with van der Waals surface area (Å²) < 4.78 is 0. The van der Waals surface area contributed by atoms with Crippen molar-refractivity contribution in [3.05, 3.63) is 45.9 Å². The molecule has 0 radical (unpaired) electrons. The average Bonchev–Trinajstić information content (AvgIpc) is 3.04. The summed E-state index contributed by atoms with van der Waals surface area (Å²) in [6, 6.07) is 7.85. The molecular formula is C21H32IN5OS. The molecule has 0 fully saturated rings. The third-order valence-electron chi connectivity index (χ3n) is 3.91. The molecule has 2 rings (SSSR count). The highest BCUT2D eigenvalue weighted by molar-refractivity contribution is 14.0. The number of aryl methyl sites for hydroxylation is 1. The number of hydrogen-bond acceptors (Lipinski definition) is 4. The molecule has 29 heavy (non-hydrogen) atoms. The first-order valence-electron chi connectivity index (χ1n) is 9.78. The number of rotatable bonds is 9. The van der Waals surface area contributed by atoms with E-state index in [9.17, 15) is 4.79 Å². The molecule has 0 saturated heterocycles. The van der Waals surface area contributed by atoms with Crippen LogP contribution in [-0.2, 0) is 17.8 Å². The van der Waals surface area contributed by atoms with Crippen LogP contribution in [0.5, 0.6) is 0 Å². The second kappa shape index (κ2) is 13.5. The van der Waals surface area contributed by atoms with E-state index in [4.69, 9.17) is 0 Å². The minimum absolute atomic E-state index is 0. The Hall–Kier alpha value is -1.68. The van der Waals surface area contributed by atoms with E-state index in [1.165, 1.54) is 0 Å². The molecule has 6 nitrogen and oxygen atoms in total. The number of benzene rings is 1. The van der Waals surface area contributed by atoms with Crippen molar-refractivity contribution < 1.29 is 4.79 Å². The van der Waals surface area contributed by atoms with Crippen LogP contribution in [0.4, 0.5) is 5.69 Å². The molecular weight excluding hydrogens is 497 g/mol. The van der Waals surface area contributed by atoms with Crippen LogP contribution in [0.1, 0.15) is 43.5 Å². The van der Waals surface area contributed by atoms with Gasteiger partial charge in [0.1, 0.15) is 0 Å². The van der Waals surface area contributed by atoms with Gasteiger partial charge in [-0.1, -0.05) is 26.0 Å². The predicted molar refractivity (Wildman–Crippen MR) is 133 cm³/mol. The van der Waals surface area contributed by atoms with Crippen molar-refractivity contribution in [1.82, 2.24) is 15.6 Å². The molecule has 3 N–H and O–H groups in total. The third-order valence-corrected chi connectivity index (χ3v) is 4.73. The summed E-state index contributed by atoms with van der Waals surface area (Å²) in [5, 5.41) is 12.8. The lowest BCUT2D eigenvalue weighted by molar-refractivity contribution is -0.116. The maximum Gasteiger partial charge on any atom is 0.224 e. The van der Waals surface area contributed by atoms with Crippen LogP contribution in [0.2, 0.25) is 0 Å². The summed E-state index contributed by atoms with van der Waals surface area (Å²) in [6.07, 6.45) is 1.39. The number of halogens is 1. The van der Waals surface area contributed by atoms with E-state index in [0.717, 1.165) is 47.4 Å². The average molecular weight is 529 g/mol. The zero-order chi connectivity index (χ0) is 20.4. The van der Waals surface area contributed by atoms with Crippen LogP contribution in [0.25, 0.3) is 0 Å². The summed E-state index contributed by atoms with van der Waals surface area (Å²) in [5.74, 6) is 1.17. The van der Waals surface area contributed by atoms with Crippen molar-refractivity contribution in [3.8, 4) is 0 Å². The number of thiazole rings is 1. The Morgan fingerprint density at radius 3 is 2.72 bits per heavy atom. The van der Waals surface area contributed by atoms with Crippen molar-refractivity contribution in [2.75, 3.05) is 18.4 Å². The van der Waals surface area contributed by atoms with Crippen LogP contribution in [-0.4, -0.2) is 29.9 Å². The zero-order valence-corrected chi connectivity index (χ0v) is 20.8. The van der Waals surface area contributed by atoms with E-state index in [1.807, 2.05) is 52.0 Å². The van der Waals surface area contributed by atoms with Crippen molar-refractivity contribution in [2.24, 2.45) is 10.9 Å². The van der Waals surface area contributed by atoms with E-state index in [1.54, 1.807) is 11.3 Å². The minimum atomic E-state index is 0. The minimum Gasteiger partial charge on any atom is -0.357 e. The van der Waals surface area contributed by atoms with Crippen LogP contribution in [0.3, 0.4) is 0 Å². The lowest BCUT2D eigenvalue weighted by atomic mass is 10.1. The first kappa shape index (κ1) is 25.4. The number of anilines is 1. The number of carbonyl (C=O) groups is 1. The highest BCUT2D eigenvalue weighted by Gasteiger charge is 2.06. The molecule has 8 heteroatoms. The lowest BCUT2D eigenvalue weighted by Crippen LogP contribution is -2.38. The van der Waals surface area contributed by atoms with E-state index in [-0.39, 0.29) is 29.9 Å². The summed E-state index contributed by atoms with van der Waals surface area (Å²) in [4.78, 5) is 21.1. The highest BCUT2D eigenvalue weighted by atomic mass is 127. The summed E-state index contributed by atoms with van der Waals surface area (Å²) in [6.45, 7) is 10.3. The quantitative estimate of drug-likeness (QED) is 0.257. The van der Waals surface area contributed by atoms with Gasteiger partial charge in [-0.2, -0.15) is 0 Å². The van der Waals surface area contributed by atoms with E-state index < -0.39 is 0 Å². The number of aromatic nitrogens is 1. The number of nitrogens with zero attached hydrogens (tertiary/aromatic N) is 2. The number of aliphatic imine (C=N–C) groups is 1. The topological polar surface area (TPSA) is 78.4 Å². The van der Waals surface area contributed by atoms with Crippen molar-refractivity contribution >= 4 is 52.9 Å². The fraction of sp³-hybridized carbons (Fsp3) is 0.476. The Balaban J connectivity index is 0.00000420. The first-order valence-corrected chi connectivity index (χ1v) is 10.7. The molecule has 0 aliphatic heterocycles. The number of guanidine groups is 1. The monoisotopic (exact) mass is 529 g/mol. The molecule has 1 aromatic carbocycles. The summed E-state index contributed by atoms with van der Waals surface area (Å²) in [5.41, 5.74) is 2.97. The molecule has 0 atom stereocenters. The van der Waals surface area contributed by atoms with Gasteiger partial charge in [0.2, 0.25) is 5.91 Å². The normalized spacial score (nSPS) is 11.1. The van der Waals surface area contributed by atoms with Crippen molar-refractivity contribution in [3.63, 3.8) is 0 Å². The fourth-order valence-corrected chi connectivity index (χ4v) is 3.32. The second-order valence-electron chi connectivity index (χ2n) is 7.08. The van der Waals surface area contributed by atoms with Gasteiger partial charge in [0, 0.05) is 37.0 Å². The van der Waals surface area contributed by atoms with Gasteiger partial charge in [-0.05, 0) is 37.5 Å². The van der Waals surface area contributed by atoms with E-state index in [0.29, 0.717) is 18.9 Å². The molecule has 1 aromatic heterocycles. The summed E-state index contributed by atoms with van der Waals surface area (Å²) in [7, 11) is 0. The SMILES string of the molecule is CCNC(=NCc1cccc(NC(=O)CC(C)C)c1)NCCc1csc(C)n1.I. The zero-order valence-electron chi connectivity index (χ0n) is 17.6. The molecule has 0 bridgehead atoms. The van der Waals surface area contributed by atoms with Gasteiger partial charge in [0.25, 0.3) is 0 Å². The molecule has 0 unspecified atom stereocenters. The maximum atomic E-state index is 12.0. The molecule has 0 saturated carbocycles. The van der Waals surface area contributed by atoms with Gasteiger partial charge in [-0.3, -0.25) is 4.79 Å². The first-order chi connectivity index (χ1) is 13.5. The van der Waals surface area contributed by atoms with E-state index >= 15 is 0 Å². The smallest absolute Gasteiger partial charge is 0.224 e. The van der Waals surface area contributed by atoms with Crippen molar-refractivity contribution in [2.45, 2.75) is 47.1 Å². The molecule has 160 valence electrons. The van der Waals surface area contributed by atoms with Gasteiger partial charge < -0.3 is 16.0 Å². The Morgan fingerprint density at radius 2 is 2.07 bits per heavy atom.